The molecule has 0 amide bonds. The third kappa shape index (κ3) is 2.96. The van der Waals surface area contributed by atoms with Crippen LogP contribution in [0.1, 0.15) is 0 Å². The van der Waals surface area contributed by atoms with Gasteiger partial charge >= 0.3 is 0 Å². The fourth-order valence-corrected chi connectivity index (χ4v) is 2.01. The summed E-state index contributed by atoms with van der Waals surface area (Å²) in [5.74, 6) is 2.47. The van der Waals surface area contributed by atoms with E-state index in [9.17, 15) is 0 Å². The van der Waals surface area contributed by atoms with Crippen molar-refractivity contribution in [2.45, 2.75) is 4.90 Å². The molecule has 1 rings (SSSR count). The van der Waals surface area contributed by atoms with Crippen LogP contribution in [0.25, 0.3) is 0 Å². The lowest BCUT2D eigenvalue weighted by Gasteiger charge is -2.13. The summed E-state index contributed by atoms with van der Waals surface area (Å²) in [6.07, 6.45) is 0. The van der Waals surface area contributed by atoms with Crippen LogP contribution in [0.3, 0.4) is 0 Å². The number of hydrogen-bond donors (Lipinski definition) is 1. The molecule has 0 aliphatic heterocycles. The van der Waals surface area contributed by atoms with Crippen LogP contribution >= 0.6 is 11.8 Å². The van der Waals surface area contributed by atoms with Gasteiger partial charge in [0.2, 0.25) is 5.75 Å². The molecule has 0 saturated carbocycles. The Morgan fingerprint density at radius 2 is 1.62 bits per heavy atom. The van der Waals surface area contributed by atoms with Gasteiger partial charge in [-0.15, -0.1) is 11.8 Å². The number of benzene rings is 1. The lowest BCUT2D eigenvalue weighted by molar-refractivity contribution is 0.321. The zero-order valence-electron chi connectivity index (χ0n) is 9.65. The number of methoxy groups -OCH3 is 3. The minimum atomic E-state index is 0.140. The van der Waals surface area contributed by atoms with Crippen LogP contribution in [0.15, 0.2) is 17.0 Å². The predicted molar refractivity (Wildman–Crippen MR) is 63.9 cm³/mol. The Morgan fingerprint density at radius 3 is 2.00 bits per heavy atom. The van der Waals surface area contributed by atoms with Crippen LogP contribution in [0, 0.1) is 0 Å². The normalized spacial score (nSPS) is 10.0. The van der Waals surface area contributed by atoms with Crippen molar-refractivity contribution in [1.29, 1.82) is 0 Å². The van der Waals surface area contributed by atoms with Crippen LogP contribution in [0.5, 0.6) is 17.2 Å². The second-order valence-electron chi connectivity index (χ2n) is 2.93. The van der Waals surface area contributed by atoms with Crippen LogP contribution in [-0.4, -0.2) is 38.8 Å². The average molecular weight is 244 g/mol. The van der Waals surface area contributed by atoms with Crippen molar-refractivity contribution in [3.8, 4) is 17.2 Å². The molecule has 0 radical (unpaired) electrons. The Kier molecular flexibility index (Phi) is 5.28. The maximum absolute atomic E-state index is 8.77. The molecule has 90 valence electrons. The fraction of sp³-hybridized carbons (Fsp3) is 0.455. The highest BCUT2D eigenvalue weighted by atomic mass is 32.2. The van der Waals surface area contributed by atoms with Gasteiger partial charge in [-0.3, -0.25) is 0 Å². The van der Waals surface area contributed by atoms with E-state index in [0.717, 1.165) is 4.90 Å². The second kappa shape index (κ2) is 6.50. The van der Waals surface area contributed by atoms with Crippen molar-refractivity contribution in [2.24, 2.45) is 0 Å². The van der Waals surface area contributed by atoms with E-state index in [1.807, 2.05) is 12.1 Å². The van der Waals surface area contributed by atoms with Gasteiger partial charge in [-0.05, 0) is 12.1 Å². The van der Waals surface area contributed by atoms with Crippen LogP contribution in [0.2, 0.25) is 0 Å². The SMILES string of the molecule is COc1cc(SCCO)cc(OC)c1OC. The van der Waals surface area contributed by atoms with Crippen LogP contribution in [0.4, 0.5) is 0 Å². The van der Waals surface area contributed by atoms with E-state index < -0.39 is 0 Å². The monoisotopic (exact) mass is 244 g/mol. The molecule has 1 N–H and O–H groups in total. The molecule has 0 bridgehead atoms. The van der Waals surface area contributed by atoms with Gasteiger partial charge in [0.05, 0.1) is 27.9 Å². The summed E-state index contributed by atoms with van der Waals surface area (Å²) in [7, 11) is 4.73. The van der Waals surface area contributed by atoms with E-state index in [1.165, 1.54) is 11.8 Å². The highest BCUT2D eigenvalue weighted by molar-refractivity contribution is 7.99. The molecule has 0 saturated heterocycles. The Morgan fingerprint density at radius 1 is 1.06 bits per heavy atom. The van der Waals surface area contributed by atoms with Crippen LogP contribution in [-0.2, 0) is 0 Å². The molecule has 5 heteroatoms. The topological polar surface area (TPSA) is 47.9 Å². The van der Waals surface area contributed by atoms with Crippen LogP contribution < -0.4 is 14.2 Å². The smallest absolute Gasteiger partial charge is 0.203 e. The molecule has 0 heterocycles. The van der Waals surface area contributed by atoms with E-state index in [2.05, 4.69) is 0 Å². The molecule has 0 aromatic heterocycles. The molecular formula is C11H16O4S. The number of aliphatic hydroxyl groups excluding tert-OH is 1. The molecular weight excluding hydrogens is 228 g/mol. The average Bonchev–Trinajstić information content (AvgIpc) is 2.34. The van der Waals surface area contributed by atoms with Gasteiger partial charge in [0, 0.05) is 10.6 Å². The van der Waals surface area contributed by atoms with E-state index in [0.29, 0.717) is 23.0 Å². The first kappa shape index (κ1) is 13.0. The Hall–Kier alpha value is -1.07. The number of aliphatic hydroxyl groups is 1. The molecule has 1 aromatic rings. The summed E-state index contributed by atoms with van der Waals surface area (Å²) < 4.78 is 15.6. The standard InChI is InChI=1S/C11H16O4S/c1-13-9-6-8(16-5-4-12)7-10(14-2)11(9)15-3/h6-7,12H,4-5H2,1-3H3. The Labute approximate surface area is 99.5 Å². The van der Waals surface area contributed by atoms with Crippen molar-refractivity contribution in [2.75, 3.05) is 33.7 Å². The molecule has 0 atom stereocenters. The molecule has 16 heavy (non-hydrogen) atoms. The maximum Gasteiger partial charge on any atom is 0.203 e. The minimum absolute atomic E-state index is 0.140. The summed E-state index contributed by atoms with van der Waals surface area (Å²) in [6, 6.07) is 3.73. The highest BCUT2D eigenvalue weighted by Gasteiger charge is 2.12. The van der Waals surface area contributed by atoms with Gasteiger partial charge in [-0.2, -0.15) is 0 Å². The van der Waals surface area contributed by atoms with Crippen molar-refractivity contribution >= 4 is 11.8 Å². The van der Waals surface area contributed by atoms with Gasteiger partial charge in [0.25, 0.3) is 0 Å². The highest BCUT2D eigenvalue weighted by Crippen LogP contribution is 2.40. The minimum Gasteiger partial charge on any atom is -0.493 e. The molecule has 0 unspecified atom stereocenters. The third-order valence-electron chi connectivity index (χ3n) is 2.00. The van der Waals surface area contributed by atoms with Crippen molar-refractivity contribution in [3.05, 3.63) is 12.1 Å². The van der Waals surface area contributed by atoms with Gasteiger partial charge in [-0.1, -0.05) is 0 Å². The predicted octanol–water partition coefficient (Wildman–Crippen LogP) is 1.80. The molecule has 4 nitrogen and oxygen atoms in total. The number of hydrogen-bond acceptors (Lipinski definition) is 5. The van der Waals surface area contributed by atoms with E-state index in [4.69, 9.17) is 19.3 Å². The maximum atomic E-state index is 8.77. The summed E-state index contributed by atoms with van der Waals surface area (Å²) in [5, 5.41) is 8.77. The van der Waals surface area contributed by atoms with Gasteiger partial charge in [0.1, 0.15) is 0 Å². The largest absolute Gasteiger partial charge is 0.493 e. The quantitative estimate of drug-likeness (QED) is 0.773. The second-order valence-corrected chi connectivity index (χ2v) is 4.10. The number of thioether (sulfide) groups is 1. The summed E-state index contributed by atoms with van der Waals surface area (Å²) in [5.41, 5.74) is 0. The molecule has 0 aliphatic carbocycles. The fourth-order valence-electron chi connectivity index (χ4n) is 1.30. The first-order valence-electron chi connectivity index (χ1n) is 4.80. The van der Waals surface area contributed by atoms with Crippen molar-refractivity contribution < 1.29 is 19.3 Å². The van der Waals surface area contributed by atoms with Gasteiger partial charge < -0.3 is 19.3 Å². The zero-order chi connectivity index (χ0) is 12.0. The van der Waals surface area contributed by atoms with Gasteiger partial charge in [0.15, 0.2) is 11.5 Å². The third-order valence-corrected chi connectivity index (χ3v) is 2.95. The molecule has 1 aromatic carbocycles. The summed E-state index contributed by atoms with van der Waals surface area (Å²) in [6.45, 7) is 0.140. The van der Waals surface area contributed by atoms with Crippen molar-refractivity contribution in [3.63, 3.8) is 0 Å². The first-order valence-corrected chi connectivity index (χ1v) is 5.79. The van der Waals surface area contributed by atoms with E-state index >= 15 is 0 Å². The zero-order valence-corrected chi connectivity index (χ0v) is 10.5. The summed E-state index contributed by atoms with van der Waals surface area (Å²) in [4.78, 5) is 0.976. The Balaban J connectivity index is 3.05. The number of rotatable bonds is 6. The van der Waals surface area contributed by atoms with Gasteiger partial charge in [-0.25, -0.2) is 0 Å². The lowest BCUT2D eigenvalue weighted by atomic mass is 10.3. The number of ether oxygens (including phenoxy) is 3. The molecule has 0 spiro atoms. The Bertz CT molecular complexity index is 316. The summed E-state index contributed by atoms with van der Waals surface area (Å²) >= 11 is 1.53. The first-order chi connectivity index (χ1) is 7.76. The lowest BCUT2D eigenvalue weighted by Crippen LogP contribution is -1.95. The van der Waals surface area contributed by atoms with E-state index in [-0.39, 0.29) is 6.61 Å². The molecule has 0 fully saturated rings. The van der Waals surface area contributed by atoms with E-state index in [1.54, 1.807) is 21.3 Å². The van der Waals surface area contributed by atoms with Crippen molar-refractivity contribution in [1.82, 2.24) is 0 Å². The molecule has 0 aliphatic rings.